The van der Waals surface area contributed by atoms with Crippen LogP contribution in [-0.4, -0.2) is 17.2 Å². The van der Waals surface area contributed by atoms with E-state index in [0.29, 0.717) is 11.8 Å². The maximum absolute atomic E-state index is 5.84. The minimum atomic E-state index is 0.155. The SMILES string of the molecule is Cc1ccc(C[NH+](C)[C@H](C)c2nnc(-c3cccs3)o2)cc1. The molecule has 0 aliphatic rings. The van der Waals surface area contributed by atoms with Gasteiger partial charge in [-0.15, -0.1) is 21.5 Å². The van der Waals surface area contributed by atoms with Crippen molar-refractivity contribution in [1.82, 2.24) is 10.2 Å². The second-order valence-electron chi connectivity index (χ2n) is 5.65. The van der Waals surface area contributed by atoms with Gasteiger partial charge in [0.25, 0.3) is 11.8 Å². The largest absolute Gasteiger partial charge is 0.414 e. The van der Waals surface area contributed by atoms with Crippen molar-refractivity contribution in [2.24, 2.45) is 0 Å². The van der Waals surface area contributed by atoms with Crippen LogP contribution < -0.4 is 4.90 Å². The smallest absolute Gasteiger partial charge is 0.274 e. The average molecular weight is 314 g/mol. The summed E-state index contributed by atoms with van der Waals surface area (Å²) < 4.78 is 5.84. The molecule has 1 aromatic carbocycles. The molecule has 5 heteroatoms. The molecule has 0 amide bonds. The van der Waals surface area contributed by atoms with Crippen LogP contribution in [0.2, 0.25) is 0 Å². The lowest BCUT2D eigenvalue weighted by Crippen LogP contribution is -3.07. The minimum Gasteiger partial charge on any atom is -0.414 e. The predicted molar refractivity (Wildman–Crippen MR) is 87.8 cm³/mol. The summed E-state index contributed by atoms with van der Waals surface area (Å²) in [5.41, 5.74) is 2.60. The molecule has 0 radical (unpaired) electrons. The summed E-state index contributed by atoms with van der Waals surface area (Å²) in [4.78, 5) is 2.34. The number of hydrogen-bond acceptors (Lipinski definition) is 4. The lowest BCUT2D eigenvalue weighted by Gasteiger charge is -2.18. The molecule has 0 fully saturated rings. The van der Waals surface area contributed by atoms with E-state index in [1.807, 2.05) is 17.5 Å². The van der Waals surface area contributed by atoms with E-state index >= 15 is 0 Å². The first kappa shape index (κ1) is 14.9. The molecule has 0 saturated carbocycles. The highest BCUT2D eigenvalue weighted by Gasteiger charge is 2.22. The number of benzene rings is 1. The second-order valence-corrected chi connectivity index (χ2v) is 6.60. The van der Waals surface area contributed by atoms with Gasteiger partial charge in [-0.1, -0.05) is 35.9 Å². The van der Waals surface area contributed by atoms with Crippen LogP contribution >= 0.6 is 11.3 Å². The van der Waals surface area contributed by atoms with Crippen molar-refractivity contribution in [3.05, 3.63) is 58.8 Å². The van der Waals surface area contributed by atoms with E-state index < -0.39 is 0 Å². The van der Waals surface area contributed by atoms with Crippen LogP contribution in [0.5, 0.6) is 0 Å². The zero-order valence-corrected chi connectivity index (χ0v) is 13.9. The highest BCUT2D eigenvalue weighted by atomic mass is 32.1. The number of rotatable bonds is 5. The minimum absolute atomic E-state index is 0.155. The predicted octanol–water partition coefficient (Wildman–Crippen LogP) is 2.88. The molecule has 3 rings (SSSR count). The number of quaternary nitrogens is 1. The Morgan fingerprint density at radius 3 is 2.64 bits per heavy atom. The molecule has 0 spiro atoms. The fraction of sp³-hybridized carbons (Fsp3) is 0.294. The van der Waals surface area contributed by atoms with Gasteiger partial charge in [0.15, 0.2) is 6.04 Å². The topological polar surface area (TPSA) is 43.4 Å². The summed E-state index contributed by atoms with van der Waals surface area (Å²) in [7, 11) is 2.15. The van der Waals surface area contributed by atoms with Gasteiger partial charge in [0.1, 0.15) is 6.54 Å². The van der Waals surface area contributed by atoms with E-state index in [-0.39, 0.29) is 6.04 Å². The number of aromatic nitrogens is 2. The molecule has 4 nitrogen and oxygen atoms in total. The first-order chi connectivity index (χ1) is 10.6. The molecule has 0 aliphatic heterocycles. The Morgan fingerprint density at radius 2 is 1.95 bits per heavy atom. The first-order valence-corrected chi connectivity index (χ1v) is 8.26. The molecule has 2 heterocycles. The van der Waals surface area contributed by atoms with Gasteiger partial charge in [-0.2, -0.15) is 0 Å². The molecule has 3 aromatic rings. The Balaban J connectivity index is 1.70. The first-order valence-electron chi connectivity index (χ1n) is 7.38. The molecule has 2 aromatic heterocycles. The van der Waals surface area contributed by atoms with Crippen molar-refractivity contribution >= 4 is 11.3 Å². The van der Waals surface area contributed by atoms with Crippen molar-refractivity contribution in [3.8, 4) is 10.8 Å². The second kappa shape index (κ2) is 6.42. The molecule has 22 heavy (non-hydrogen) atoms. The standard InChI is InChI=1S/C17H19N3OS/c1-12-6-8-14(9-7-12)11-20(3)13(2)16-18-19-17(21-16)15-5-4-10-22-15/h4-10,13H,11H2,1-3H3/p+1/t13-/m1/s1. The Bertz CT molecular complexity index is 719. The van der Waals surface area contributed by atoms with Gasteiger partial charge < -0.3 is 9.32 Å². The fourth-order valence-electron chi connectivity index (χ4n) is 2.30. The molecular formula is C17H20N3OS+. The Kier molecular flexibility index (Phi) is 4.36. The summed E-state index contributed by atoms with van der Waals surface area (Å²) in [6.07, 6.45) is 0. The molecule has 2 atom stereocenters. The van der Waals surface area contributed by atoms with Crippen LogP contribution in [0.1, 0.15) is 30.0 Å². The molecular weight excluding hydrogens is 294 g/mol. The third-order valence-corrected chi connectivity index (χ3v) is 4.74. The number of nitrogens with zero attached hydrogens (tertiary/aromatic N) is 2. The van der Waals surface area contributed by atoms with Crippen molar-refractivity contribution in [1.29, 1.82) is 0 Å². The molecule has 0 saturated heterocycles. The van der Waals surface area contributed by atoms with Crippen LogP contribution in [0.4, 0.5) is 0 Å². The third-order valence-electron chi connectivity index (χ3n) is 3.89. The van der Waals surface area contributed by atoms with Gasteiger partial charge in [-0.3, -0.25) is 0 Å². The summed E-state index contributed by atoms with van der Waals surface area (Å²) in [6.45, 7) is 5.15. The van der Waals surface area contributed by atoms with Crippen LogP contribution in [0.3, 0.4) is 0 Å². The monoisotopic (exact) mass is 314 g/mol. The lowest BCUT2D eigenvalue weighted by atomic mass is 10.1. The van der Waals surface area contributed by atoms with Crippen molar-refractivity contribution in [2.45, 2.75) is 26.4 Å². The Labute approximate surface area is 134 Å². The summed E-state index contributed by atoms with van der Waals surface area (Å²) in [5, 5.41) is 10.4. The summed E-state index contributed by atoms with van der Waals surface area (Å²) in [5.74, 6) is 1.30. The number of thiophene rings is 1. The molecule has 0 bridgehead atoms. The lowest BCUT2D eigenvalue weighted by molar-refractivity contribution is -0.925. The van der Waals surface area contributed by atoms with Gasteiger partial charge in [0, 0.05) is 5.56 Å². The van der Waals surface area contributed by atoms with Crippen molar-refractivity contribution < 1.29 is 9.32 Å². The normalized spacial score (nSPS) is 14.0. The fourth-order valence-corrected chi connectivity index (χ4v) is 2.95. The highest BCUT2D eigenvalue weighted by Crippen LogP contribution is 2.24. The zero-order chi connectivity index (χ0) is 15.5. The zero-order valence-electron chi connectivity index (χ0n) is 13.0. The number of aryl methyl sites for hydroxylation is 1. The molecule has 1 N–H and O–H groups in total. The molecule has 1 unspecified atom stereocenters. The van der Waals surface area contributed by atoms with Crippen LogP contribution in [0.15, 0.2) is 46.2 Å². The van der Waals surface area contributed by atoms with E-state index in [2.05, 4.69) is 55.4 Å². The molecule has 0 aliphatic carbocycles. The number of hydrogen-bond donors (Lipinski definition) is 1. The van der Waals surface area contributed by atoms with Crippen molar-refractivity contribution in [2.75, 3.05) is 7.05 Å². The van der Waals surface area contributed by atoms with Gasteiger partial charge in [-0.25, -0.2) is 0 Å². The maximum atomic E-state index is 5.84. The summed E-state index contributed by atoms with van der Waals surface area (Å²) >= 11 is 1.61. The average Bonchev–Trinajstić information content (AvgIpc) is 3.19. The maximum Gasteiger partial charge on any atom is 0.274 e. The van der Waals surface area contributed by atoms with Gasteiger partial charge in [0.2, 0.25) is 0 Å². The van der Waals surface area contributed by atoms with E-state index in [1.165, 1.54) is 16.0 Å². The molecule has 114 valence electrons. The quantitative estimate of drug-likeness (QED) is 0.787. The van der Waals surface area contributed by atoms with E-state index in [0.717, 1.165) is 11.4 Å². The Hall–Kier alpha value is -1.98. The third kappa shape index (κ3) is 3.26. The van der Waals surface area contributed by atoms with Gasteiger partial charge in [-0.05, 0) is 25.3 Å². The van der Waals surface area contributed by atoms with Gasteiger partial charge >= 0.3 is 0 Å². The number of nitrogens with one attached hydrogen (secondary N) is 1. The van der Waals surface area contributed by atoms with Crippen LogP contribution in [0, 0.1) is 6.92 Å². The van der Waals surface area contributed by atoms with E-state index in [4.69, 9.17) is 4.42 Å². The van der Waals surface area contributed by atoms with Crippen LogP contribution in [-0.2, 0) is 6.54 Å². The van der Waals surface area contributed by atoms with E-state index in [9.17, 15) is 0 Å². The van der Waals surface area contributed by atoms with Crippen LogP contribution in [0.25, 0.3) is 10.8 Å². The van der Waals surface area contributed by atoms with Crippen molar-refractivity contribution in [3.63, 3.8) is 0 Å². The van der Waals surface area contributed by atoms with Gasteiger partial charge in [0.05, 0.1) is 11.9 Å². The summed E-state index contributed by atoms with van der Waals surface area (Å²) in [6, 6.07) is 12.8. The highest BCUT2D eigenvalue weighted by molar-refractivity contribution is 7.13. The van der Waals surface area contributed by atoms with E-state index in [1.54, 1.807) is 11.3 Å². The Morgan fingerprint density at radius 1 is 1.18 bits per heavy atom.